The molecule has 1 unspecified atom stereocenters. The van der Waals surface area contributed by atoms with Crippen molar-refractivity contribution in [3.63, 3.8) is 0 Å². The van der Waals surface area contributed by atoms with Crippen LogP contribution >= 0.6 is 0 Å². The lowest BCUT2D eigenvalue weighted by molar-refractivity contribution is 0.206. The third-order valence-electron chi connectivity index (χ3n) is 1.67. The summed E-state index contributed by atoms with van der Waals surface area (Å²) in [6.07, 6.45) is 5.57. The van der Waals surface area contributed by atoms with E-state index < -0.39 is 0 Å². The molecule has 1 heteroatoms. The third kappa shape index (κ3) is 3.61. The largest absolute Gasteiger partial charge is 0.495 e. The summed E-state index contributed by atoms with van der Waals surface area (Å²) in [7, 11) is 0. The molecular formula is C12H14O. The highest BCUT2D eigenvalue weighted by Gasteiger charge is 1.91. The summed E-state index contributed by atoms with van der Waals surface area (Å²) in [5.74, 6) is 0. The van der Waals surface area contributed by atoms with E-state index in [1.54, 1.807) is 0 Å². The average molecular weight is 174 g/mol. The molecule has 68 valence electrons. The first-order valence-corrected chi connectivity index (χ1v) is 4.32. The van der Waals surface area contributed by atoms with Gasteiger partial charge in [-0.15, -0.1) is 0 Å². The second-order valence-electron chi connectivity index (χ2n) is 2.78. The van der Waals surface area contributed by atoms with Crippen molar-refractivity contribution in [3.05, 3.63) is 54.8 Å². The molecule has 0 radical (unpaired) electrons. The molecule has 0 heterocycles. The van der Waals surface area contributed by atoms with Gasteiger partial charge in [0.05, 0.1) is 6.26 Å². The van der Waals surface area contributed by atoms with Gasteiger partial charge in [-0.25, -0.2) is 0 Å². The molecule has 1 rings (SSSR count). The average Bonchev–Trinajstić information content (AvgIpc) is 2.17. The van der Waals surface area contributed by atoms with Gasteiger partial charge in [-0.3, -0.25) is 0 Å². The standard InChI is InChI=1S/C12H14O/c1-3-13-11(2)9-10-12-7-5-4-6-8-12/h3-11H,1H2,2H3/b10-9+. The Kier molecular flexibility index (Phi) is 3.83. The highest BCUT2D eigenvalue weighted by molar-refractivity contribution is 5.49. The summed E-state index contributed by atoms with van der Waals surface area (Å²) in [5.41, 5.74) is 1.18. The number of ether oxygens (including phenoxy) is 1. The van der Waals surface area contributed by atoms with Crippen LogP contribution in [0.2, 0.25) is 0 Å². The molecule has 0 fully saturated rings. The topological polar surface area (TPSA) is 9.23 Å². The van der Waals surface area contributed by atoms with E-state index in [-0.39, 0.29) is 6.10 Å². The Hall–Kier alpha value is -1.50. The molecule has 0 aromatic heterocycles. The first kappa shape index (κ1) is 9.59. The number of hydrogen-bond donors (Lipinski definition) is 0. The van der Waals surface area contributed by atoms with Gasteiger partial charge in [0.15, 0.2) is 0 Å². The van der Waals surface area contributed by atoms with Crippen molar-refractivity contribution >= 4 is 6.08 Å². The van der Waals surface area contributed by atoms with Gasteiger partial charge in [0.1, 0.15) is 6.10 Å². The van der Waals surface area contributed by atoms with E-state index in [4.69, 9.17) is 4.74 Å². The number of benzene rings is 1. The lowest BCUT2D eigenvalue weighted by Gasteiger charge is -2.03. The molecule has 0 saturated carbocycles. The molecule has 1 nitrogen and oxygen atoms in total. The summed E-state index contributed by atoms with van der Waals surface area (Å²) >= 11 is 0. The summed E-state index contributed by atoms with van der Waals surface area (Å²) in [5, 5.41) is 0. The lowest BCUT2D eigenvalue weighted by Crippen LogP contribution is -1.97. The molecule has 0 aliphatic carbocycles. The Labute approximate surface area is 79.4 Å². The van der Waals surface area contributed by atoms with E-state index in [0.29, 0.717) is 0 Å². The van der Waals surface area contributed by atoms with Gasteiger partial charge >= 0.3 is 0 Å². The fourth-order valence-corrected chi connectivity index (χ4v) is 1.01. The smallest absolute Gasteiger partial charge is 0.113 e. The Morgan fingerprint density at radius 3 is 2.62 bits per heavy atom. The number of hydrogen-bond acceptors (Lipinski definition) is 1. The fourth-order valence-electron chi connectivity index (χ4n) is 1.01. The van der Waals surface area contributed by atoms with Gasteiger partial charge in [-0.2, -0.15) is 0 Å². The van der Waals surface area contributed by atoms with Crippen molar-refractivity contribution in [1.82, 2.24) is 0 Å². The number of rotatable bonds is 4. The fraction of sp³-hybridized carbons (Fsp3) is 0.167. The summed E-state index contributed by atoms with van der Waals surface area (Å²) < 4.78 is 5.14. The van der Waals surface area contributed by atoms with Crippen LogP contribution in [-0.2, 0) is 4.74 Å². The third-order valence-corrected chi connectivity index (χ3v) is 1.67. The van der Waals surface area contributed by atoms with Crippen LogP contribution < -0.4 is 0 Å². The lowest BCUT2D eigenvalue weighted by atomic mass is 10.2. The molecule has 1 atom stereocenters. The molecule has 0 N–H and O–H groups in total. The molecule has 0 spiro atoms. The Morgan fingerprint density at radius 2 is 2.00 bits per heavy atom. The Morgan fingerprint density at radius 1 is 1.31 bits per heavy atom. The normalized spacial score (nSPS) is 12.7. The van der Waals surface area contributed by atoms with Gasteiger partial charge in [-0.1, -0.05) is 43.0 Å². The Bertz CT molecular complexity index is 274. The minimum atomic E-state index is 0.0812. The molecule has 0 amide bonds. The first-order chi connectivity index (χ1) is 6.33. The van der Waals surface area contributed by atoms with Gasteiger partial charge in [0.25, 0.3) is 0 Å². The van der Waals surface area contributed by atoms with Crippen LogP contribution in [0.5, 0.6) is 0 Å². The maximum atomic E-state index is 5.14. The van der Waals surface area contributed by atoms with Gasteiger partial charge < -0.3 is 4.74 Å². The molecule has 1 aromatic rings. The monoisotopic (exact) mass is 174 g/mol. The van der Waals surface area contributed by atoms with E-state index >= 15 is 0 Å². The predicted octanol–water partition coefficient (Wildman–Crippen LogP) is 3.25. The van der Waals surface area contributed by atoms with Crippen LogP contribution in [0.4, 0.5) is 0 Å². The molecular weight excluding hydrogens is 160 g/mol. The van der Waals surface area contributed by atoms with Crippen molar-refractivity contribution in [2.45, 2.75) is 13.0 Å². The molecule has 0 aliphatic rings. The van der Waals surface area contributed by atoms with Crippen LogP contribution in [-0.4, -0.2) is 6.10 Å². The van der Waals surface area contributed by atoms with Gasteiger partial charge in [0.2, 0.25) is 0 Å². The SMILES string of the molecule is C=COC(C)/C=C/c1ccccc1. The molecule has 0 saturated heterocycles. The van der Waals surface area contributed by atoms with E-state index in [2.05, 4.69) is 18.7 Å². The van der Waals surface area contributed by atoms with Crippen molar-refractivity contribution in [3.8, 4) is 0 Å². The van der Waals surface area contributed by atoms with Crippen LogP contribution in [0.25, 0.3) is 6.08 Å². The minimum Gasteiger partial charge on any atom is -0.495 e. The van der Waals surface area contributed by atoms with E-state index in [9.17, 15) is 0 Å². The van der Waals surface area contributed by atoms with Crippen LogP contribution in [0.3, 0.4) is 0 Å². The quantitative estimate of drug-likeness (QED) is 0.637. The molecule has 1 aromatic carbocycles. The predicted molar refractivity (Wildman–Crippen MR) is 56.2 cm³/mol. The van der Waals surface area contributed by atoms with Gasteiger partial charge in [-0.05, 0) is 18.6 Å². The molecule has 13 heavy (non-hydrogen) atoms. The van der Waals surface area contributed by atoms with Crippen molar-refractivity contribution < 1.29 is 4.74 Å². The Balaban J connectivity index is 2.53. The van der Waals surface area contributed by atoms with Crippen molar-refractivity contribution in [2.75, 3.05) is 0 Å². The summed E-state index contributed by atoms with van der Waals surface area (Å²) in [6.45, 7) is 5.47. The maximum Gasteiger partial charge on any atom is 0.113 e. The maximum absolute atomic E-state index is 5.14. The highest BCUT2D eigenvalue weighted by atomic mass is 16.5. The van der Waals surface area contributed by atoms with Crippen molar-refractivity contribution in [1.29, 1.82) is 0 Å². The summed E-state index contributed by atoms with van der Waals surface area (Å²) in [6, 6.07) is 10.1. The second-order valence-corrected chi connectivity index (χ2v) is 2.78. The van der Waals surface area contributed by atoms with Crippen LogP contribution in [0.1, 0.15) is 12.5 Å². The van der Waals surface area contributed by atoms with E-state index in [1.165, 1.54) is 11.8 Å². The zero-order valence-electron chi connectivity index (χ0n) is 7.81. The van der Waals surface area contributed by atoms with E-state index in [1.807, 2.05) is 37.3 Å². The molecule has 0 aliphatic heterocycles. The molecule has 0 bridgehead atoms. The first-order valence-electron chi connectivity index (χ1n) is 4.32. The summed E-state index contributed by atoms with van der Waals surface area (Å²) in [4.78, 5) is 0. The van der Waals surface area contributed by atoms with Gasteiger partial charge in [0, 0.05) is 0 Å². The van der Waals surface area contributed by atoms with E-state index in [0.717, 1.165) is 0 Å². The zero-order valence-corrected chi connectivity index (χ0v) is 7.81. The second kappa shape index (κ2) is 5.20. The minimum absolute atomic E-state index is 0.0812. The van der Waals surface area contributed by atoms with Crippen molar-refractivity contribution in [2.24, 2.45) is 0 Å². The van der Waals surface area contributed by atoms with Crippen LogP contribution in [0.15, 0.2) is 49.2 Å². The highest BCUT2D eigenvalue weighted by Crippen LogP contribution is 2.03. The zero-order chi connectivity index (χ0) is 9.52. The van der Waals surface area contributed by atoms with Crippen LogP contribution in [0, 0.1) is 0 Å².